The van der Waals surface area contributed by atoms with Gasteiger partial charge >= 0.3 is 0 Å². The number of fused-ring (bicyclic) bond motifs is 1. The molecule has 1 aromatic rings. The highest BCUT2D eigenvalue weighted by Crippen LogP contribution is 2.34. The van der Waals surface area contributed by atoms with Crippen LogP contribution in [0.5, 0.6) is 0 Å². The monoisotopic (exact) mass is 273 g/mol. The lowest BCUT2D eigenvalue weighted by atomic mass is 9.94. The van der Waals surface area contributed by atoms with Gasteiger partial charge in [0.25, 0.3) is 0 Å². The topological polar surface area (TPSA) is 35.6 Å². The van der Waals surface area contributed by atoms with Crippen LogP contribution in [0.15, 0.2) is 24.3 Å². The van der Waals surface area contributed by atoms with Crippen LogP contribution in [0.25, 0.3) is 0 Å². The maximum atomic E-state index is 12.1. The molecule has 1 saturated heterocycles. The summed E-state index contributed by atoms with van der Waals surface area (Å²) in [5.41, 5.74) is 2.31. The van der Waals surface area contributed by atoms with E-state index in [4.69, 9.17) is 0 Å². The number of carbonyl (C=O) groups is 1. The maximum Gasteiger partial charge on any atom is 0.228 e. The van der Waals surface area contributed by atoms with E-state index in [2.05, 4.69) is 29.4 Å². The summed E-state index contributed by atoms with van der Waals surface area (Å²) < 4.78 is 0. The van der Waals surface area contributed by atoms with Gasteiger partial charge in [-0.1, -0.05) is 18.2 Å². The molecule has 0 spiro atoms. The van der Waals surface area contributed by atoms with Gasteiger partial charge in [-0.2, -0.15) is 0 Å². The van der Waals surface area contributed by atoms with Crippen LogP contribution in [0.2, 0.25) is 0 Å². The zero-order valence-corrected chi connectivity index (χ0v) is 12.3. The predicted molar refractivity (Wildman–Crippen MR) is 80.9 cm³/mol. The first-order valence-corrected chi connectivity index (χ1v) is 7.45. The number of nitrogens with zero attached hydrogens (tertiary/aromatic N) is 2. The number of piperidine rings is 1. The molecule has 108 valence electrons. The zero-order chi connectivity index (χ0) is 14.1. The van der Waals surface area contributed by atoms with Crippen LogP contribution in [0, 0.1) is 0 Å². The third kappa shape index (κ3) is 2.58. The van der Waals surface area contributed by atoms with Gasteiger partial charge in [0.15, 0.2) is 0 Å². The van der Waals surface area contributed by atoms with Gasteiger partial charge in [0.2, 0.25) is 5.91 Å². The molecule has 4 nitrogen and oxygen atoms in total. The molecule has 1 atom stereocenters. The molecule has 0 aliphatic carbocycles. The van der Waals surface area contributed by atoms with E-state index in [9.17, 15) is 4.79 Å². The number of anilines is 1. The molecule has 1 unspecified atom stereocenters. The van der Waals surface area contributed by atoms with Crippen molar-refractivity contribution in [1.29, 1.82) is 0 Å². The predicted octanol–water partition coefficient (Wildman–Crippen LogP) is 1.78. The summed E-state index contributed by atoms with van der Waals surface area (Å²) in [5.74, 6) is 0.203. The number of benzene rings is 1. The largest absolute Gasteiger partial charge is 0.315 e. The van der Waals surface area contributed by atoms with E-state index in [0.29, 0.717) is 12.5 Å². The van der Waals surface area contributed by atoms with Crippen LogP contribution >= 0.6 is 0 Å². The van der Waals surface area contributed by atoms with E-state index < -0.39 is 0 Å². The number of rotatable bonds is 2. The van der Waals surface area contributed by atoms with Crippen molar-refractivity contribution in [2.45, 2.75) is 31.3 Å². The molecule has 1 fully saturated rings. The van der Waals surface area contributed by atoms with Crippen LogP contribution in [0.4, 0.5) is 5.69 Å². The summed E-state index contributed by atoms with van der Waals surface area (Å²) in [7, 11) is 4.04. The van der Waals surface area contributed by atoms with Crippen LogP contribution in [0.3, 0.4) is 0 Å². The molecule has 0 radical (unpaired) electrons. The third-order valence-electron chi connectivity index (χ3n) is 4.58. The van der Waals surface area contributed by atoms with Gasteiger partial charge in [-0.25, -0.2) is 0 Å². The maximum absolute atomic E-state index is 12.1. The van der Waals surface area contributed by atoms with Crippen molar-refractivity contribution < 1.29 is 4.79 Å². The van der Waals surface area contributed by atoms with Gasteiger partial charge in [0.05, 0.1) is 0 Å². The molecule has 2 aliphatic rings. The highest BCUT2D eigenvalue weighted by Gasteiger charge is 2.30. The normalized spacial score (nSPS) is 24.8. The Balaban J connectivity index is 1.77. The Kier molecular flexibility index (Phi) is 3.76. The van der Waals surface area contributed by atoms with Crippen LogP contribution < -0.4 is 10.2 Å². The van der Waals surface area contributed by atoms with Gasteiger partial charge in [0, 0.05) is 31.2 Å². The first-order chi connectivity index (χ1) is 9.65. The summed E-state index contributed by atoms with van der Waals surface area (Å²) in [5, 5.41) is 3.71. The molecule has 1 N–H and O–H groups in total. The van der Waals surface area contributed by atoms with Gasteiger partial charge in [-0.3, -0.25) is 4.79 Å². The molecule has 20 heavy (non-hydrogen) atoms. The Morgan fingerprint density at radius 2 is 1.85 bits per heavy atom. The van der Waals surface area contributed by atoms with Crippen molar-refractivity contribution >= 4 is 11.6 Å². The van der Waals surface area contributed by atoms with Crippen molar-refractivity contribution in [2.24, 2.45) is 0 Å². The van der Waals surface area contributed by atoms with Gasteiger partial charge in [-0.05, 0) is 44.6 Å². The Morgan fingerprint density at radius 3 is 2.60 bits per heavy atom. The first kappa shape index (κ1) is 13.6. The molecular formula is C16H23N3O. The minimum atomic E-state index is 0.170. The Morgan fingerprint density at radius 1 is 1.15 bits per heavy atom. The second-order valence-corrected chi connectivity index (χ2v) is 6.01. The number of hydrogen-bond acceptors (Lipinski definition) is 3. The molecule has 1 aromatic carbocycles. The highest BCUT2D eigenvalue weighted by atomic mass is 16.2. The van der Waals surface area contributed by atoms with Crippen molar-refractivity contribution in [1.82, 2.24) is 10.2 Å². The average Bonchev–Trinajstić information content (AvgIpc) is 2.47. The molecule has 0 aromatic heterocycles. The second kappa shape index (κ2) is 5.54. The standard InChI is InChI=1S/C16H23N3O/c1-18-9-7-12(8-10-18)17-14-11-16(20)19(2)15-6-4-3-5-13(14)15/h3-6,12,14,17H,7-11H2,1-2H3. The highest BCUT2D eigenvalue weighted by molar-refractivity contribution is 5.96. The van der Waals surface area contributed by atoms with E-state index in [-0.39, 0.29) is 11.9 Å². The minimum absolute atomic E-state index is 0.170. The van der Waals surface area contributed by atoms with Crippen molar-refractivity contribution in [3.05, 3.63) is 29.8 Å². The van der Waals surface area contributed by atoms with Gasteiger partial charge < -0.3 is 15.1 Å². The number of para-hydroxylation sites is 1. The smallest absolute Gasteiger partial charge is 0.228 e. The van der Waals surface area contributed by atoms with Crippen LogP contribution in [0.1, 0.15) is 30.9 Å². The van der Waals surface area contributed by atoms with E-state index in [1.54, 1.807) is 4.90 Å². The van der Waals surface area contributed by atoms with E-state index in [0.717, 1.165) is 18.8 Å². The molecule has 0 bridgehead atoms. The van der Waals surface area contributed by atoms with Gasteiger partial charge in [-0.15, -0.1) is 0 Å². The second-order valence-electron chi connectivity index (χ2n) is 6.01. The van der Waals surface area contributed by atoms with E-state index >= 15 is 0 Å². The molecular weight excluding hydrogens is 250 g/mol. The molecule has 2 heterocycles. The van der Waals surface area contributed by atoms with Crippen molar-refractivity contribution in [3.8, 4) is 0 Å². The zero-order valence-electron chi connectivity index (χ0n) is 12.3. The summed E-state index contributed by atoms with van der Waals surface area (Å²) in [6.45, 7) is 2.28. The first-order valence-electron chi connectivity index (χ1n) is 7.45. The number of likely N-dealkylation sites (tertiary alicyclic amines) is 1. The van der Waals surface area contributed by atoms with Crippen LogP contribution in [-0.4, -0.2) is 44.0 Å². The lowest BCUT2D eigenvalue weighted by molar-refractivity contribution is -0.119. The average molecular weight is 273 g/mol. The lowest BCUT2D eigenvalue weighted by Gasteiger charge is -2.36. The fraction of sp³-hybridized carbons (Fsp3) is 0.562. The summed E-state index contributed by atoms with van der Waals surface area (Å²) in [6, 6.07) is 8.94. The quantitative estimate of drug-likeness (QED) is 0.892. The molecule has 3 rings (SSSR count). The summed E-state index contributed by atoms with van der Waals surface area (Å²) >= 11 is 0. The summed E-state index contributed by atoms with van der Waals surface area (Å²) in [4.78, 5) is 16.3. The summed E-state index contributed by atoms with van der Waals surface area (Å²) in [6.07, 6.45) is 2.90. The fourth-order valence-electron chi connectivity index (χ4n) is 3.25. The molecule has 2 aliphatic heterocycles. The fourth-order valence-corrected chi connectivity index (χ4v) is 3.25. The van der Waals surface area contributed by atoms with Crippen LogP contribution in [-0.2, 0) is 4.79 Å². The number of carbonyl (C=O) groups excluding carboxylic acids is 1. The third-order valence-corrected chi connectivity index (χ3v) is 4.58. The van der Waals surface area contributed by atoms with Crippen molar-refractivity contribution in [3.63, 3.8) is 0 Å². The number of hydrogen-bond donors (Lipinski definition) is 1. The van der Waals surface area contributed by atoms with Gasteiger partial charge in [0.1, 0.15) is 0 Å². The minimum Gasteiger partial charge on any atom is -0.315 e. The Hall–Kier alpha value is -1.39. The molecule has 4 heteroatoms. The lowest BCUT2D eigenvalue weighted by Crippen LogP contribution is -2.45. The Bertz CT molecular complexity index is 494. The SMILES string of the molecule is CN1CCC(NC2CC(=O)N(C)c3ccccc32)CC1. The Labute approximate surface area is 120 Å². The number of nitrogens with one attached hydrogen (secondary N) is 1. The van der Waals surface area contributed by atoms with E-state index in [1.807, 2.05) is 19.2 Å². The van der Waals surface area contributed by atoms with Crippen molar-refractivity contribution in [2.75, 3.05) is 32.1 Å². The molecule has 0 saturated carbocycles. The number of amides is 1. The van der Waals surface area contributed by atoms with E-state index in [1.165, 1.54) is 18.4 Å². The molecule has 1 amide bonds.